The lowest BCUT2D eigenvalue weighted by Crippen LogP contribution is -2.21. The molecule has 0 aliphatic heterocycles. The summed E-state index contributed by atoms with van der Waals surface area (Å²) in [6.45, 7) is 5.37. The van der Waals surface area contributed by atoms with Gasteiger partial charge in [0.15, 0.2) is 0 Å². The van der Waals surface area contributed by atoms with Gasteiger partial charge in [-0.15, -0.1) is 0 Å². The van der Waals surface area contributed by atoms with Crippen LogP contribution in [0, 0.1) is 0 Å². The minimum Gasteiger partial charge on any atom is -0.306 e. The molecule has 1 unspecified atom stereocenters. The third-order valence-electron chi connectivity index (χ3n) is 1.22. The van der Waals surface area contributed by atoms with Crippen LogP contribution < -0.4 is 5.32 Å². The molecule has 0 heterocycles. The van der Waals surface area contributed by atoms with Crippen LogP contribution in [0.2, 0.25) is 0 Å². The first-order chi connectivity index (χ1) is 4.27. The van der Waals surface area contributed by atoms with Crippen molar-refractivity contribution in [3.05, 3.63) is 0 Å². The van der Waals surface area contributed by atoms with Crippen molar-refractivity contribution in [1.82, 2.24) is 5.32 Å². The molecule has 0 bridgehead atoms. The fourth-order valence-corrected chi connectivity index (χ4v) is 0.815. The first-order valence-electron chi connectivity index (χ1n) is 3.68. The number of nitrogens with one attached hydrogen (secondary N) is 1. The van der Waals surface area contributed by atoms with Gasteiger partial charge in [0.2, 0.25) is 0 Å². The normalized spacial score (nSPS) is 13.7. The van der Waals surface area contributed by atoms with E-state index < -0.39 is 0 Å². The lowest BCUT2D eigenvalue weighted by atomic mass is 10.2. The van der Waals surface area contributed by atoms with Gasteiger partial charge in [-0.05, 0) is 19.9 Å². The van der Waals surface area contributed by atoms with Gasteiger partial charge in [0.05, 0.1) is 0 Å². The van der Waals surface area contributed by atoms with Crippen LogP contribution in [0.15, 0.2) is 0 Å². The van der Waals surface area contributed by atoms with Crippen molar-refractivity contribution >= 4 is 12.6 Å². The molecule has 56 valence electrons. The van der Waals surface area contributed by atoms with Gasteiger partial charge in [-0.2, -0.15) is 12.6 Å². The number of unbranched alkanes of at least 4 members (excludes halogenated alkanes) is 2. The molecule has 1 atom stereocenters. The minimum atomic E-state index is 0.349. The molecule has 0 saturated heterocycles. The summed E-state index contributed by atoms with van der Waals surface area (Å²) in [5, 5.41) is 3.59. The van der Waals surface area contributed by atoms with Gasteiger partial charge in [-0.3, -0.25) is 0 Å². The van der Waals surface area contributed by atoms with Crippen LogP contribution in [0.5, 0.6) is 0 Å². The van der Waals surface area contributed by atoms with E-state index in [9.17, 15) is 0 Å². The Hall–Kier alpha value is 0.310. The van der Waals surface area contributed by atoms with Crippen LogP contribution in [0.25, 0.3) is 0 Å². The average Bonchev–Trinajstić information content (AvgIpc) is 1.80. The second kappa shape index (κ2) is 6.43. The third kappa shape index (κ3) is 8.31. The first kappa shape index (κ1) is 9.31. The molecule has 0 amide bonds. The zero-order valence-electron chi connectivity index (χ0n) is 6.35. The number of thiol groups is 1. The van der Waals surface area contributed by atoms with E-state index in [-0.39, 0.29) is 0 Å². The molecule has 0 spiro atoms. The van der Waals surface area contributed by atoms with E-state index in [0.717, 1.165) is 6.54 Å². The summed E-state index contributed by atoms with van der Waals surface area (Å²) < 4.78 is 0. The van der Waals surface area contributed by atoms with E-state index in [1.807, 2.05) is 0 Å². The lowest BCUT2D eigenvalue weighted by Gasteiger charge is -2.05. The zero-order chi connectivity index (χ0) is 7.11. The van der Waals surface area contributed by atoms with Crippen molar-refractivity contribution in [2.24, 2.45) is 0 Å². The number of rotatable bonds is 5. The predicted molar refractivity (Wildman–Crippen MR) is 46.0 cm³/mol. The Labute approximate surface area is 63.6 Å². The SMILES string of the molecule is CCCCCNC(C)S. The van der Waals surface area contributed by atoms with Gasteiger partial charge >= 0.3 is 0 Å². The van der Waals surface area contributed by atoms with Gasteiger partial charge in [-0.1, -0.05) is 19.8 Å². The molecule has 0 rings (SSSR count). The maximum absolute atomic E-state index is 4.19. The molecular weight excluding hydrogens is 130 g/mol. The highest BCUT2D eigenvalue weighted by Gasteiger charge is 1.89. The molecule has 0 aliphatic rings. The number of hydrogen-bond acceptors (Lipinski definition) is 2. The molecular formula is C7H17NS. The Morgan fingerprint density at radius 2 is 2.11 bits per heavy atom. The second-order valence-electron chi connectivity index (χ2n) is 2.34. The summed E-state index contributed by atoms with van der Waals surface area (Å²) in [4.78, 5) is 0. The molecule has 0 fully saturated rings. The quantitative estimate of drug-likeness (QED) is 0.344. The van der Waals surface area contributed by atoms with Crippen molar-refractivity contribution in [3.63, 3.8) is 0 Å². The van der Waals surface area contributed by atoms with E-state index in [0.29, 0.717) is 5.37 Å². The zero-order valence-corrected chi connectivity index (χ0v) is 7.25. The molecule has 0 aromatic rings. The Morgan fingerprint density at radius 3 is 2.56 bits per heavy atom. The summed E-state index contributed by atoms with van der Waals surface area (Å²) in [6.07, 6.45) is 3.90. The van der Waals surface area contributed by atoms with Gasteiger partial charge in [0, 0.05) is 5.37 Å². The Kier molecular flexibility index (Phi) is 6.65. The molecule has 1 nitrogen and oxygen atoms in total. The summed E-state index contributed by atoms with van der Waals surface area (Å²) in [7, 11) is 0. The summed E-state index contributed by atoms with van der Waals surface area (Å²) >= 11 is 4.19. The van der Waals surface area contributed by atoms with E-state index in [1.165, 1.54) is 19.3 Å². The fraction of sp³-hybridized carbons (Fsp3) is 1.00. The predicted octanol–water partition coefficient (Wildman–Crippen LogP) is 2.04. The van der Waals surface area contributed by atoms with E-state index in [1.54, 1.807) is 0 Å². The van der Waals surface area contributed by atoms with Crippen molar-refractivity contribution < 1.29 is 0 Å². The monoisotopic (exact) mass is 147 g/mol. The molecule has 0 saturated carbocycles. The molecule has 9 heavy (non-hydrogen) atoms. The van der Waals surface area contributed by atoms with E-state index in [4.69, 9.17) is 0 Å². The summed E-state index contributed by atoms with van der Waals surface area (Å²) in [6, 6.07) is 0. The molecule has 0 aliphatic carbocycles. The average molecular weight is 147 g/mol. The van der Waals surface area contributed by atoms with Crippen LogP contribution in [0.1, 0.15) is 33.1 Å². The van der Waals surface area contributed by atoms with Crippen LogP contribution >= 0.6 is 12.6 Å². The maximum Gasteiger partial charge on any atom is 0.0473 e. The molecule has 0 aromatic carbocycles. The Bertz CT molecular complexity index is 54.9. The Balaban J connectivity index is 2.75. The van der Waals surface area contributed by atoms with Crippen molar-refractivity contribution in [2.45, 2.75) is 38.5 Å². The fourth-order valence-electron chi connectivity index (χ4n) is 0.686. The Morgan fingerprint density at radius 1 is 1.44 bits per heavy atom. The van der Waals surface area contributed by atoms with Gasteiger partial charge < -0.3 is 5.32 Å². The van der Waals surface area contributed by atoms with Crippen molar-refractivity contribution in [2.75, 3.05) is 6.54 Å². The first-order valence-corrected chi connectivity index (χ1v) is 4.20. The largest absolute Gasteiger partial charge is 0.306 e. The van der Waals surface area contributed by atoms with Gasteiger partial charge in [-0.25, -0.2) is 0 Å². The maximum atomic E-state index is 4.19. The standard InChI is InChI=1S/C7H17NS/c1-3-4-5-6-8-7(2)9/h7-9H,3-6H2,1-2H3. The van der Waals surface area contributed by atoms with Crippen LogP contribution in [0.4, 0.5) is 0 Å². The van der Waals surface area contributed by atoms with Crippen LogP contribution in [-0.2, 0) is 0 Å². The lowest BCUT2D eigenvalue weighted by molar-refractivity contribution is 0.616. The highest BCUT2D eigenvalue weighted by Crippen LogP contribution is 1.93. The smallest absolute Gasteiger partial charge is 0.0473 e. The number of hydrogen-bond donors (Lipinski definition) is 2. The van der Waals surface area contributed by atoms with Crippen molar-refractivity contribution in [1.29, 1.82) is 0 Å². The van der Waals surface area contributed by atoms with Crippen LogP contribution in [0.3, 0.4) is 0 Å². The van der Waals surface area contributed by atoms with Crippen LogP contribution in [-0.4, -0.2) is 11.9 Å². The summed E-state index contributed by atoms with van der Waals surface area (Å²) in [5.74, 6) is 0. The second-order valence-corrected chi connectivity index (χ2v) is 3.11. The molecule has 0 aromatic heterocycles. The third-order valence-corrected chi connectivity index (χ3v) is 1.40. The highest BCUT2D eigenvalue weighted by atomic mass is 32.1. The molecule has 2 heteroatoms. The van der Waals surface area contributed by atoms with Crippen molar-refractivity contribution in [3.8, 4) is 0 Å². The topological polar surface area (TPSA) is 12.0 Å². The summed E-state index contributed by atoms with van der Waals surface area (Å²) in [5.41, 5.74) is 0. The van der Waals surface area contributed by atoms with Gasteiger partial charge in [0.25, 0.3) is 0 Å². The van der Waals surface area contributed by atoms with E-state index in [2.05, 4.69) is 31.8 Å². The van der Waals surface area contributed by atoms with Gasteiger partial charge in [0.1, 0.15) is 0 Å². The minimum absolute atomic E-state index is 0.349. The molecule has 1 N–H and O–H groups in total. The highest BCUT2D eigenvalue weighted by molar-refractivity contribution is 7.80. The van der Waals surface area contributed by atoms with E-state index >= 15 is 0 Å². The molecule has 0 radical (unpaired) electrons.